The Morgan fingerprint density at radius 3 is 2.62 bits per heavy atom. The molecule has 0 saturated heterocycles. The molecule has 0 amide bonds. The summed E-state index contributed by atoms with van der Waals surface area (Å²) in [6, 6.07) is 14.4. The third kappa shape index (κ3) is 6.90. The SMILES string of the molecule is COCCOCCOCCSc1cccc(/C=N/c2nc3ccccc3s2)c1C. The minimum atomic E-state index is 0.602. The Morgan fingerprint density at radius 1 is 1.00 bits per heavy atom. The van der Waals surface area contributed by atoms with Gasteiger partial charge in [0.2, 0.25) is 5.13 Å². The normalized spacial score (nSPS) is 11.7. The highest BCUT2D eigenvalue weighted by molar-refractivity contribution is 7.99. The molecule has 1 heterocycles. The van der Waals surface area contributed by atoms with Crippen LogP contribution >= 0.6 is 23.1 Å². The predicted molar refractivity (Wildman–Crippen MR) is 122 cm³/mol. The number of ether oxygens (including phenoxy) is 3. The number of thioether (sulfide) groups is 1. The predicted octanol–water partition coefficient (Wildman–Crippen LogP) is 5.13. The van der Waals surface area contributed by atoms with Crippen LogP contribution in [0.1, 0.15) is 11.1 Å². The first-order chi connectivity index (χ1) is 14.3. The fourth-order valence-corrected chi connectivity index (χ4v) is 4.38. The number of hydrogen-bond acceptors (Lipinski definition) is 7. The van der Waals surface area contributed by atoms with E-state index in [4.69, 9.17) is 14.2 Å². The van der Waals surface area contributed by atoms with Crippen LogP contribution < -0.4 is 0 Å². The van der Waals surface area contributed by atoms with E-state index in [1.54, 1.807) is 30.2 Å². The maximum absolute atomic E-state index is 5.62. The molecule has 0 atom stereocenters. The van der Waals surface area contributed by atoms with E-state index in [9.17, 15) is 0 Å². The van der Waals surface area contributed by atoms with Crippen LogP contribution in [0, 0.1) is 6.92 Å². The van der Waals surface area contributed by atoms with Crippen LogP contribution in [-0.4, -0.2) is 57.1 Å². The van der Waals surface area contributed by atoms with Crippen LogP contribution in [0.5, 0.6) is 0 Å². The monoisotopic (exact) mass is 430 g/mol. The number of methoxy groups -OCH3 is 1. The third-order valence-electron chi connectivity index (χ3n) is 4.21. The van der Waals surface area contributed by atoms with Gasteiger partial charge in [-0.2, -0.15) is 0 Å². The number of rotatable bonds is 12. The number of para-hydroxylation sites is 1. The van der Waals surface area contributed by atoms with Gasteiger partial charge in [-0.3, -0.25) is 0 Å². The fourth-order valence-electron chi connectivity index (χ4n) is 2.64. The molecule has 7 heteroatoms. The Hall–Kier alpha value is -1.77. The highest BCUT2D eigenvalue weighted by atomic mass is 32.2. The largest absolute Gasteiger partial charge is 0.382 e. The van der Waals surface area contributed by atoms with Gasteiger partial charge in [0.05, 0.1) is 43.3 Å². The molecule has 0 spiro atoms. The first-order valence-electron chi connectivity index (χ1n) is 9.54. The van der Waals surface area contributed by atoms with E-state index in [-0.39, 0.29) is 0 Å². The molecule has 0 aliphatic rings. The summed E-state index contributed by atoms with van der Waals surface area (Å²) in [6.07, 6.45) is 1.91. The van der Waals surface area contributed by atoms with Crippen LogP contribution in [-0.2, 0) is 14.2 Å². The Labute approximate surface area is 180 Å². The molecule has 5 nitrogen and oxygen atoms in total. The van der Waals surface area contributed by atoms with E-state index in [1.165, 1.54) is 10.5 Å². The van der Waals surface area contributed by atoms with Crippen molar-refractivity contribution in [3.63, 3.8) is 0 Å². The average Bonchev–Trinajstić information content (AvgIpc) is 3.16. The lowest BCUT2D eigenvalue weighted by Gasteiger charge is -2.09. The van der Waals surface area contributed by atoms with Gasteiger partial charge in [-0.25, -0.2) is 9.98 Å². The fraction of sp³-hybridized carbons (Fsp3) is 0.364. The number of benzene rings is 2. The van der Waals surface area contributed by atoms with Gasteiger partial charge in [-0.15, -0.1) is 11.8 Å². The van der Waals surface area contributed by atoms with Gasteiger partial charge in [-0.05, 0) is 36.2 Å². The van der Waals surface area contributed by atoms with Crippen molar-refractivity contribution in [2.75, 3.05) is 45.9 Å². The molecule has 3 rings (SSSR count). The smallest absolute Gasteiger partial charge is 0.210 e. The summed E-state index contributed by atoms with van der Waals surface area (Å²) in [5.74, 6) is 0.900. The summed E-state index contributed by atoms with van der Waals surface area (Å²) in [7, 11) is 1.67. The highest BCUT2D eigenvalue weighted by Gasteiger charge is 2.05. The molecule has 29 heavy (non-hydrogen) atoms. The summed E-state index contributed by atoms with van der Waals surface area (Å²) in [4.78, 5) is 10.4. The van der Waals surface area contributed by atoms with Crippen molar-refractivity contribution >= 4 is 44.7 Å². The second-order valence-corrected chi connectivity index (χ2v) is 8.40. The van der Waals surface area contributed by atoms with E-state index in [2.05, 4.69) is 41.2 Å². The Morgan fingerprint density at radius 2 is 1.79 bits per heavy atom. The first-order valence-corrected chi connectivity index (χ1v) is 11.3. The third-order valence-corrected chi connectivity index (χ3v) is 6.28. The van der Waals surface area contributed by atoms with Gasteiger partial charge in [0.25, 0.3) is 0 Å². The van der Waals surface area contributed by atoms with Gasteiger partial charge < -0.3 is 14.2 Å². The number of nitrogens with zero attached hydrogens (tertiary/aromatic N) is 2. The van der Waals surface area contributed by atoms with E-state index in [1.807, 2.05) is 24.4 Å². The van der Waals surface area contributed by atoms with Crippen LogP contribution in [0.25, 0.3) is 10.2 Å². The minimum Gasteiger partial charge on any atom is -0.382 e. The Kier molecular flexibility index (Phi) is 9.11. The van der Waals surface area contributed by atoms with Crippen LogP contribution in [0.4, 0.5) is 5.13 Å². The number of hydrogen-bond donors (Lipinski definition) is 0. The molecule has 0 fully saturated rings. The molecule has 0 N–H and O–H groups in total. The molecule has 0 radical (unpaired) electrons. The van der Waals surface area contributed by atoms with Crippen molar-refractivity contribution in [1.29, 1.82) is 0 Å². The standard InChI is InChI=1S/C22H26N2O3S2/c1-17-18(16-23-22-24-19-7-3-4-8-21(19)29-22)6-5-9-20(17)28-15-14-27-13-12-26-11-10-25-2/h3-9,16H,10-15H2,1-2H3/b23-16+. The summed E-state index contributed by atoms with van der Waals surface area (Å²) >= 11 is 3.40. The maximum Gasteiger partial charge on any atom is 0.210 e. The molecule has 1 aromatic heterocycles. The van der Waals surface area contributed by atoms with Crippen molar-refractivity contribution in [1.82, 2.24) is 4.98 Å². The molecule has 0 aliphatic heterocycles. The lowest BCUT2D eigenvalue weighted by atomic mass is 10.1. The molecular formula is C22H26N2O3S2. The minimum absolute atomic E-state index is 0.602. The molecule has 0 bridgehead atoms. The van der Waals surface area contributed by atoms with Crippen LogP contribution in [0.15, 0.2) is 52.4 Å². The zero-order valence-electron chi connectivity index (χ0n) is 16.8. The zero-order chi connectivity index (χ0) is 20.3. The zero-order valence-corrected chi connectivity index (χ0v) is 18.4. The van der Waals surface area contributed by atoms with Crippen molar-refractivity contribution in [2.45, 2.75) is 11.8 Å². The summed E-state index contributed by atoms with van der Waals surface area (Å²) in [6.45, 7) is 5.27. The number of thiazole rings is 1. The summed E-state index contributed by atoms with van der Waals surface area (Å²) < 4.78 is 17.1. The molecular weight excluding hydrogens is 404 g/mol. The summed E-state index contributed by atoms with van der Waals surface area (Å²) in [5.41, 5.74) is 3.33. The van der Waals surface area contributed by atoms with Gasteiger partial charge in [0.15, 0.2) is 0 Å². The second-order valence-electron chi connectivity index (χ2n) is 6.26. The van der Waals surface area contributed by atoms with Crippen molar-refractivity contribution in [2.24, 2.45) is 4.99 Å². The van der Waals surface area contributed by atoms with E-state index >= 15 is 0 Å². The maximum atomic E-state index is 5.62. The number of aliphatic imine (C=N–C) groups is 1. The molecule has 0 aliphatic carbocycles. The molecule has 0 saturated carbocycles. The lowest BCUT2D eigenvalue weighted by molar-refractivity contribution is 0.0286. The van der Waals surface area contributed by atoms with Crippen LogP contribution in [0.3, 0.4) is 0 Å². The lowest BCUT2D eigenvalue weighted by Crippen LogP contribution is -2.09. The first kappa shape index (κ1) is 21.9. The second kappa shape index (κ2) is 12.0. The van der Waals surface area contributed by atoms with Gasteiger partial charge >= 0.3 is 0 Å². The quantitative estimate of drug-likeness (QED) is 0.227. The van der Waals surface area contributed by atoms with Gasteiger partial charge in [-0.1, -0.05) is 35.6 Å². The van der Waals surface area contributed by atoms with Crippen molar-refractivity contribution < 1.29 is 14.2 Å². The molecule has 3 aromatic rings. The van der Waals surface area contributed by atoms with E-state index < -0.39 is 0 Å². The van der Waals surface area contributed by atoms with Crippen LogP contribution in [0.2, 0.25) is 0 Å². The van der Waals surface area contributed by atoms with E-state index in [0.29, 0.717) is 33.0 Å². The van der Waals surface area contributed by atoms with Gasteiger partial charge in [0.1, 0.15) is 0 Å². The summed E-state index contributed by atoms with van der Waals surface area (Å²) in [5, 5.41) is 0.782. The van der Waals surface area contributed by atoms with Crippen molar-refractivity contribution in [3.05, 3.63) is 53.6 Å². The molecule has 2 aromatic carbocycles. The molecule has 0 unspecified atom stereocenters. The Bertz CT molecular complexity index is 894. The van der Waals surface area contributed by atoms with Gasteiger partial charge in [0, 0.05) is 24.0 Å². The number of aromatic nitrogens is 1. The Balaban J connectivity index is 1.47. The molecule has 154 valence electrons. The number of fused-ring (bicyclic) bond motifs is 1. The average molecular weight is 431 g/mol. The van der Waals surface area contributed by atoms with E-state index in [0.717, 1.165) is 26.7 Å². The topological polar surface area (TPSA) is 52.9 Å². The van der Waals surface area contributed by atoms with Crippen molar-refractivity contribution in [3.8, 4) is 0 Å². The highest BCUT2D eigenvalue weighted by Crippen LogP contribution is 2.28.